The SMILES string of the molecule is CCOC(C)OCC.O=C/C=C/C=O. The van der Waals surface area contributed by atoms with Crippen LogP contribution in [-0.4, -0.2) is 32.1 Å². The van der Waals surface area contributed by atoms with Gasteiger partial charge in [0, 0.05) is 13.2 Å². The Morgan fingerprint density at radius 2 is 1.36 bits per heavy atom. The van der Waals surface area contributed by atoms with Gasteiger partial charge in [-0.05, 0) is 32.9 Å². The van der Waals surface area contributed by atoms with E-state index in [2.05, 4.69) is 0 Å². The highest BCUT2D eigenvalue weighted by molar-refractivity contribution is 5.75. The molecule has 0 saturated heterocycles. The minimum atomic E-state index is -0.0370. The van der Waals surface area contributed by atoms with E-state index < -0.39 is 0 Å². The van der Waals surface area contributed by atoms with Crippen molar-refractivity contribution in [3.05, 3.63) is 12.2 Å². The standard InChI is InChI=1S/C6H14O2.C4H4O2/c1-4-7-6(3)8-5-2;5-3-1-2-4-6/h6H,4-5H2,1-3H3;1-4H/b;2-1+. The number of allylic oxidation sites excluding steroid dienone is 2. The molecule has 82 valence electrons. The third-order valence-electron chi connectivity index (χ3n) is 1.07. The van der Waals surface area contributed by atoms with E-state index in [-0.39, 0.29) is 6.29 Å². The first kappa shape index (κ1) is 15.5. The highest BCUT2D eigenvalue weighted by atomic mass is 16.7. The van der Waals surface area contributed by atoms with Crippen LogP contribution in [0, 0.1) is 0 Å². The van der Waals surface area contributed by atoms with Crippen LogP contribution in [-0.2, 0) is 19.1 Å². The summed E-state index contributed by atoms with van der Waals surface area (Å²) in [6.07, 6.45) is 3.33. The van der Waals surface area contributed by atoms with Gasteiger partial charge in [0.25, 0.3) is 0 Å². The normalized spacial score (nSPS) is 9.71. The number of carbonyl (C=O) groups excluding carboxylic acids is 2. The van der Waals surface area contributed by atoms with E-state index >= 15 is 0 Å². The van der Waals surface area contributed by atoms with E-state index in [1.54, 1.807) is 0 Å². The molecule has 0 unspecified atom stereocenters. The van der Waals surface area contributed by atoms with Gasteiger partial charge in [-0.2, -0.15) is 0 Å². The molecule has 0 aliphatic heterocycles. The summed E-state index contributed by atoms with van der Waals surface area (Å²) in [5.41, 5.74) is 0. The van der Waals surface area contributed by atoms with Crippen LogP contribution in [0.2, 0.25) is 0 Å². The predicted molar refractivity (Wildman–Crippen MR) is 54.0 cm³/mol. The fourth-order valence-corrected chi connectivity index (χ4v) is 0.608. The summed E-state index contributed by atoms with van der Waals surface area (Å²) in [4.78, 5) is 18.6. The molecule has 0 rings (SSSR count). The van der Waals surface area contributed by atoms with Crippen LogP contribution in [0.25, 0.3) is 0 Å². The molecule has 0 aliphatic rings. The topological polar surface area (TPSA) is 52.6 Å². The molecular formula is C10H18O4. The van der Waals surface area contributed by atoms with Crippen molar-refractivity contribution in [1.82, 2.24) is 0 Å². The van der Waals surface area contributed by atoms with Crippen molar-refractivity contribution in [2.24, 2.45) is 0 Å². The van der Waals surface area contributed by atoms with Crippen molar-refractivity contribution in [1.29, 1.82) is 0 Å². The lowest BCUT2D eigenvalue weighted by molar-refractivity contribution is -0.123. The summed E-state index contributed by atoms with van der Waals surface area (Å²) in [6.45, 7) is 7.25. The molecule has 14 heavy (non-hydrogen) atoms. The van der Waals surface area contributed by atoms with Crippen LogP contribution in [0.5, 0.6) is 0 Å². The van der Waals surface area contributed by atoms with Crippen LogP contribution in [0.3, 0.4) is 0 Å². The quantitative estimate of drug-likeness (QED) is 0.370. The summed E-state index contributed by atoms with van der Waals surface area (Å²) in [5.74, 6) is 0. The zero-order valence-corrected chi connectivity index (χ0v) is 8.93. The first-order chi connectivity index (χ1) is 6.72. The number of hydrogen-bond donors (Lipinski definition) is 0. The molecule has 0 aromatic rings. The highest BCUT2D eigenvalue weighted by Crippen LogP contribution is 1.90. The maximum atomic E-state index is 9.32. The van der Waals surface area contributed by atoms with Crippen molar-refractivity contribution < 1.29 is 19.1 Å². The Balaban J connectivity index is 0. The molecule has 0 heterocycles. The fourth-order valence-electron chi connectivity index (χ4n) is 0.608. The van der Waals surface area contributed by atoms with Gasteiger partial charge in [-0.15, -0.1) is 0 Å². The van der Waals surface area contributed by atoms with E-state index in [0.29, 0.717) is 12.6 Å². The zero-order chi connectivity index (χ0) is 11.2. The minimum Gasteiger partial charge on any atom is -0.353 e. The molecular weight excluding hydrogens is 184 g/mol. The molecule has 0 aromatic heterocycles. The fraction of sp³-hybridized carbons (Fsp3) is 0.600. The van der Waals surface area contributed by atoms with Gasteiger partial charge >= 0.3 is 0 Å². The lowest BCUT2D eigenvalue weighted by Crippen LogP contribution is -2.11. The lowest BCUT2D eigenvalue weighted by Gasteiger charge is -2.09. The average molecular weight is 202 g/mol. The van der Waals surface area contributed by atoms with E-state index in [4.69, 9.17) is 9.47 Å². The number of aldehydes is 2. The number of rotatable bonds is 6. The molecule has 0 spiro atoms. The largest absolute Gasteiger partial charge is 0.353 e. The molecule has 0 aliphatic carbocycles. The smallest absolute Gasteiger partial charge is 0.154 e. The predicted octanol–water partition coefficient (Wildman–Crippen LogP) is 1.35. The number of hydrogen-bond acceptors (Lipinski definition) is 4. The van der Waals surface area contributed by atoms with Crippen LogP contribution < -0.4 is 0 Å². The maximum absolute atomic E-state index is 9.32. The molecule has 0 saturated carbocycles. The second-order valence-corrected chi connectivity index (χ2v) is 2.14. The molecule has 0 aromatic carbocycles. The monoisotopic (exact) mass is 202 g/mol. The second-order valence-electron chi connectivity index (χ2n) is 2.14. The van der Waals surface area contributed by atoms with E-state index in [0.717, 1.165) is 25.4 Å². The Kier molecular flexibility index (Phi) is 16.0. The molecule has 0 bridgehead atoms. The Labute approximate surface area is 84.9 Å². The molecule has 0 radical (unpaired) electrons. The third kappa shape index (κ3) is 17.2. The van der Waals surface area contributed by atoms with Crippen molar-refractivity contribution in [2.45, 2.75) is 27.1 Å². The number of ether oxygens (including phenoxy) is 2. The van der Waals surface area contributed by atoms with E-state index in [1.165, 1.54) is 0 Å². The maximum Gasteiger partial charge on any atom is 0.154 e. The molecule has 0 fully saturated rings. The van der Waals surface area contributed by atoms with Gasteiger partial charge in [-0.25, -0.2) is 0 Å². The first-order valence-corrected chi connectivity index (χ1v) is 4.51. The van der Waals surface area contributed by atoms with Crippen molar-refractivity contribution in [2.75, 3.05) is 13.2 Å². The Morgan fingerprint density at radius 1 is 1.00 bits per heavy atom. The van der Waals surface area contributed by atoms with Gasteiger partial charge in [-0.3, -0.25) is 9.59 Å². The summed E-state index contributed by atoms with van der Waals surface area (Å²) in [7, 11) is 0. The summed E-state index contributed by atoms with van der Waals surface area (Å²) >= 11 is 0. The van der Waals surface area contributed by atoms with Gasteiger partial charge in [-0.1, -0.05) is 0 Å². The minimum absolute atomic E-state index is 0.0370. The van der Waals surface area contributed by atoms with Gasteiger partial charge in [0.2, 0.25) is 0 Å². The van der Waals surface area contributed by atoms with Crippen LogP contribution in [0.4, 0.5) is 0 Å². The van der Waals surface area contributed by atoms with Gasteiger partial charge in [0.15, 0.2) is 6.29 Å². The average Bonchev–Trinajstić information content (AvgIpc) is 2.16. The van der Waals surface area contributed by atoms with Gasteiger partial charge < -0.3 is 9.47 Å². The Morgan fingerprint density at radius 3 is 1.57 bits per heavy atom. The summed E-state index contributed by atoms with van der Waals surface area (Å²) < 4.78 is 10.1. The third-order valence-corrected chi connectivity index (χ3v) is 1.07. The number of carbonyl (C=O) groups is 2. The van der Waals surface area contributed by atoms with Gasteiger partial charge in [0.05, 0.1) is 0 Å². The van der Waals surface area contributed by atoms with Crippen LogP contribution in [0.1, 0.15) is 20.8 Å². The molecule has 0 atom stereocenters. The van der Waals surface area contributed by atoms with Crippen LogP contribution in [0.15, 0.2) is 12.2 Å². The van der Waals surface area contributed by atoms with Gasteiger partial charge in [0.1, 0.15) is 12.6 Å². The van der Waals surface area contributed by atoms with Crippen LogP contribution >= 0.6 is 0 Å². The molecule has 4 heteroatoms. The van der Waals surface area contributed by atoms with E-state index in [9.17, 15) is 9.59 Å². The van der Waals surface area contributed by atoms with Crippen molar-refractivity contribution >= 4 is 12.6 Å². The molecule has 0 N–H and O–H groups in total. The highest BCUT2D eigenvalue weighted by Gasteiger charge is 1.94. The Bertz CT molecular complexity index is 138. The molecule has 0 amide bonds. The van der Waals surface area contributed by atoms with Crippen molar-refractivity contribution in [3.63, 3.8) is 0 Å². The summed E-state index contributed by atoms with van der Waals surface area (Å²) in [5, 5.41) is 0. The second kappa shape index (κ2) is 14.5. The Hall–Kier alpha value is -1.00. The zero-order valence-electron chi connectivity index (χ0n) is 8.93. The first-order valence-electron chi connectivity index (χ1n) is 4.51. The lowest BCUT2D eigenvalue weighted by atomic mass is 10.6. The molecule has 4 nitrogen and oxygen atoms in total. The summed E-state index contributed by atoms with van der Waals surface area (Å²) in [6, 6.07) is 0. The van der Waals surface area contributed by atoms with E-state index in [1.807, 2.05) is 20.8 Å². The van der Waals surface area contributed by atoms with Crippen molar-refractivity contribution in [3.8, 4) is 0 Å².